The van der Waals surface area contributed by atoms with E-state index in [1.807, 2.05) is 0 Å². The van der Waals surface area contributed by atoms with Gasteiger partial charge in [0, 0.05) is 18.2 Å². The van der Waals surface area contributed by atoms with Crippen LogP contribution in [0.2, 0.25) is 5.02 Å². The summed E-state index contributed by atoms with van der Waals surface area (Å²) in [6.45, 7) is 2.61. The Labute approximate surface area is 195 Å². The quantitative estimate of drug-likeness (QED) is 0.292. The van der Waals surface area contributed by atoms with Gasteiger partial charge >= 0.3 is 12.0 Å². The van der Waals surface area contributed by atoms with Gasteiger partial charge in [-0.25, -0.2) is 9.59 Å². The van der Waals surface area contributed by atoms with Crippen LogP contribution in [0.15, 0.2) is 18.2 Å². The number of rotatable bonds is 8. The van der Waals surface area contributed by atoms with E-state index in [0.29, 0.717) is 0 Å². The number of hydrogen-bond donors (Lipinski definition) is 3. The van der Waals surface area contributed by atoms with Crippen LogP contribution in [0.25, 0.3) is 0 Å². The van der Waals surface area contributed by atoms with Crippen LogP contribution in [0.5, 0.6) is 0 Å². The summed E-state index contributed by atoms with van der Waals surface area (Å²) in [5, 5.41) is 18.0. The number of hydrogen-bond acceptors (Lipinski definition) is 7. The van der Waals surface area contributed by atoms with E-state index in [1.165, 1.54) is 6.07 Å². The van der Waals surface area contributed by atoms with Crippen molar-refractivity contribution >= 4 is 41.1 Å². The Hall–Kier alpha value is -3.21. The lowest BCUT2D eigenvalue weighted by Gasteiger charge is -2.23. The van der Waals surface area contributed by atoms with E-state index in [2.05, 4.69) is 16.0 Å². The number of non-ortho nitro benzene ring substituents is 1. The summed E-state index contributed by atoms with van der Waals surface area (Å²) >= 11 is 5.96. The van der Waals surface area contributed by atoms with Crippen LogP contribution in [0.1, 0.15) is 56.3 Å². The Balaban J connectivity index is 1.88. The molecule has 1 saturated carbocycles. The number of nitrogens with one attached hydrogen (secondary N) is 3. The fraction of sp³-hybridized carbons (Fsp3) is 0.524. The number of imide groups is 1. The zero-order valence-corrected chi connectivity index (χ0v) is 19.1. The molecular formula is C21H27ClN4O7. The van der Waals surface area contributed by atoms with Gasteiger partial charge in [0.1, 0.15) is 6.04 Å². The first kappa shape index (κ1) is 26.0. The highest BCUT2D eigenvalue weighted by atomic mass is 35.5. The van der Waals surface area contributed by atoms with Gasteiger partial charge in [0.2, 0.25) is 0 Å². The van der Waals surface area contributed by atoms with E-state index >= 15 is 0 Å². The summed E-state index contributed by atoms with van der Waals surface area (Å²) < 4.78 is 4.97. The summed E-state index contributed by atoms with van der Waals surface area (Å²) in [5.41, 5.74) is -0.340. The molecular weight excluding hydrogens is 456 g/mol. The number of urea groups is 1. The number of benzene rings is 1. The third-order valence-corrected chi connectivity index (χ3v) is 5.47. The van der Waals surface area contributed by atoms with Gasteiger partial charge < -0.3 is 15.4 Å². The van der Waals surface area contributed by atoms with E-state index in [9.17, 15) is 29.3 Å². The van der Waals surface area contributed by atoms with Crippen LogP contribution in [0, 0.1) is 16.0 Å². The lowest BCUT2D eigenvalue weighted by atomic mass is 9.96. The largest absolute Gasteiger partial charge is 0.454 e. The molecule has 180 valence electrons. The Morgan fingerprint density at radius 3 is 2.42 bits per heavy atom. The number of esters is 1. The first-order valence-electron chi connectivity index (χ1n) is 10.6. The number of amides is 4. The van der Waals surface area contributed by atoms with Crippen LogP contribution in [-0.2, 0) is 14.3 Å². The molecule has 0 spiro atoms. The number of carbonyl (C=O) groups is 4. The van der Waals surface area contributed by atoms with Crippen molar-refractivity contribution in [1.29, 1.82) is 0 Å². The predicted octanol–water partition coefficient (Wildman–Crippen LogP) is 2.70. The average Bonchev–Trinajstić information content (AvgIpc) is 2.75. The summed E-state index contributed by atoms with van der Waals surface area (Å²) in [5.74, 6) is -2.82. The average molecular weight is 483 g/mol. The maximum absolute atomic E-state index is 12.5. The van der Waals surface area contributed by atoms with Gasteiger partial charge in [0.05, 0.1) is 15.5 Å². The molecule has 1 aromatic rings. The minimum atomic E-state index is -1.12. The normalized spacial score (nSPS) is 14.8. The number of carbonyl (C=O) groups excluding carboxylic acids is 4. The van der Waals surface area contributed by atoms with Crippen LogP contribution in [0.3, 0.4) is 0 Å². The minimum absolute atomic E-state index is 0.0147. The maximum Gasteiger partial charge on any atom is 0.329 e. The Kier molecular flexibility index (Phi) is 9.58. The standard InChI is InChI=1S/C21H27ClN4O7/c1-12(2)18(25-19(28)15-9-8-14(26(31)32)10-16(15)22)20(29)33-11-17(27)24-21(30)23-13-6-4-3-5-7-13/h8-10,12-13,18H,3-7,11H2,1-2H3,(H,25,28)(H2,23,24,27,30). The molecule has 4 amide bonds. The highest BCUT2D eigenvalue weighted by molar-refractivity contribution is 6.34. The highest BCUT2D eigenvalue weighted by Gasteiger charge is 2.28. The molecule has 3 N–H and O–H groups in total. The lowest BCUT2D eigenvalue weighted by Crippen LogP contribution is -2.48. The van der Waals surface area contributed by atoms with E-state index in [-0.39, 0.29) is 22.3 Å². The monoisotopic (exact) mass is 482 g/mol. The Bertz CT molecular complexity index is 916. The second-order valence-electron chi connectivity index (χ2n) is 8.08. The molecule has 0 bridgehead atoms. The molecule has 0 aliphatic heterocycles. The topological polar surface area (TPSA) is 157 Å². The van der Waals surface area contributed by atoms with E-state index < -0.39 is 47.3 Å². The third kappa shape index (κ3) is 8.01. The summed E-state index contributed by atoms with van der Waals surface area (Å²) in [6.07, 6.45) is 4.86. The zero-order chi connectivity index (χ0) is 24.5. The molecule has 0 aromatic heterocycles. The number of nitro groups is 1. The predicted molar refractivity (Wildman–Crippen MR) is 119 cm³/mol. The molecule has 0 radical (unpaired) electrons. The molecule has 1 unspecified atom stereocenters. The van der Waals surface area contributed by atoms with Gasteiger partial charge in [-0.2, -0.15) is 0 Å². The second kappa shape index (κ2) is 12.1. The van der Waals surface area contributed by atoms with Crippen molar-refractivity contribution in [1.82, 2.24) is 16.0 Å². The molecule has 1 fully saturated rings. The molecule has 33 heavy (non-hydrogen) atoms. The molecule has 1 aliphatic carbocycles. The Morgan fingerprint density at radius 1 is 1.18 bits per heavy atom. The van der Waals surface area contributed by atoms with Crippen LogP contribution in [0.4, 0.5) is 10.5 Å². The van der Waals surface area contributed by atoms with Crippen LogP contribution < -0.4 is 16.0 Å². The number of nitrogens with zero attached hydrogens (tertiary/aromatic N) is 1. The maximum atomic E-state index is 12.5. The first-order chi connectivity index (χ1) is 15.6. The lowest BCUT2D eigenvalue weighted by molar-refractivity contribution is -0.384. The van der Waals surface area contributed by atoms with Crippen molar-refractivity contribution in [2.75, 3.05) is 6.61 Å². The number of halogens is 1. The van der Waals surface area contributed by atoms with Crippen LogP contribution in [-0.4, -0.2) is 47.4 Å². The van der Waals surface area contributed by atoms with E-state index in [4.69, 9.17) is 16.3 Å². The molecule has 1 aromatic carbocycles. The summed E-state index contributed by atoms with van der Waals surface area (Å²) in [4.78, 5) is 59.0. The van der Waals surface area contributed by atoms with E-state index in [0.717, 1.165) is 44.2 Å². The van der Waals surface area contributed by atoms with Crippen molar-refractivity contribution in [2.24, 2.45) is 5.92 Å². The fourth-order valence-corrected chi connectivity index (χ4v) is 3.64. The SMILES string of the molecule is CC(C)C(NC(=O)c1ccc([N+](=O)[O-])cc1Cl)C(=O)OCC(=O)NC(=O)NC1CCCCC1. The zero-order valence-electron chi connectivity index (χ0n) is 18.4. The van der Waals surface area contributed by atoms with Crippen molar-refractivity contribution in [3.63, 3.8) is 0 Å². The summed E-state index contributed by atoms with van der Waals surface area (Å²) in [6, 6.07) is 1.57. The van der Waals surface area contributed by atoms with E-state index in [1.54, 1.807) is 13.8 Å². The number of ether oxygens (including phenoxy) is 1. The fourth-order valence-electron chi connectivity index (χ4n) is 3.38. The molecule has 1 atom stereocenters. The molecule has 1 aliphatic rings. The minimum Gasteiger partial charge on any atom is -0.454 e. The smallest absolute Gasteiger partial charge is 0.329 e. The van der Waals surface area contributed by atoms with Gasteiger partial charge in [0.15, 0.2) is 6.61 Å². The molecule has 0 saturated heterocycles. The van der Waals surface area contributed by atoms with Gasteiger partial charge in [-0.15, -0.1) is 0 Å². The molecule has 11 nitrogen and oxygen atoms in total. The van der Waals surface area contributed by atoms with Crippen molar-refractivity contribution in [3.8, 4) is 0 Å². The molecule has 0 heterocycles. The Morgan fingerprint density at radius 2 is 1.85 bits per heavy atom. The molecule has 2 rings (SSSR count). The van der Waals surface area contributed by atoms with Gasteiger partial charge in [-0.05, 0) is 24.8 Å². The highest BCUT2D eigenvalue weighted by Crippen LogP contribution is 2.23. The van der Waals surface area contributed by atoms with Crippen molar-refractivity contribution < 1.29 is 28.8 Å². The van der Waals surface area contributed by atoms with Crippen molar-refractivity contribution in [3.05, 3.63) is 38.9 Å². The number of nitro benzene ring substituents is 1. The van der Waals surface area contributed by atoms with Gasteiger partial charge in [0.25, 0.3) is 17.5 Å². The van der Waals surface area contributed by atoms with Crippen molar-refractivity contribution in [2.45, 2.75) is 58.0 Å². The van der Waals surface area contributed by atoms with Crippen LogP contribution >= 0.6 is 11.6 Å². The van der Waals surface area contributed by atoms with Gasteiger partial charge in [-0.1, -0.05) is 44.7 Å². The molecule has 12 heteroatoms. The second-order valence-corrected chi connectivity index (χ2v) is 8.49. The summed E-state index contributed by atoms with van der Waals surface area (Å²) in [7, 11) is 0. The third-order valence-electron chi connectivity index (χ3n) is 5.15. The van der Waals surface area contributed by atoms with Gasteiger partial charge in [-0.3, -0.25) is 25.0 Å². The first-order valence-corrected chi connectivity index (χ1v) is 11.0.